The van der Waals surface area contributed by atoms with Crippen molar-refractivity contribution in [3.8, 4) is 5.75 Å². The number of allylic oxidation sites excluding steroid dienone is 2. The number of anilines is 1. The third kappa shape index (κ3) is 5.05. The highest BCUT2D eigenvalue weighted by molar-refractivity contribution is 6.00. The predicted molar refractivity (Wildman–Crippen MR) is 153 cm³/mol. The SMILES string of the molecule is N[N+]12C=CN=CC1=C(C1CCC(CNc3ccccc3)CC1)N=C2c1cccc(OCc2ccccc2)c1. The molecule has 1 atom stereocenters. The zero-order valence-electron chi connectivity index (χ0n) is 21.5. The fourth-order valence-electron chi connectivity index (χ4n) is 5.63. The minimum Gasteiger partial charge on any atom is -0.489 e. The van der Waals surface area contributed by atoms with Crippen molar-refractivity contribution in [2.45, 2.75) is 32.3 Å². The van der Waals surface area contributed by atoms with E-state index in [9.17, 15) is 0 Å². The average Bonchev–Trinajstić information content (AvgIpc) is 3.29. The van der Waals surface area contributed by atoms with Crippen LogP contribution in [0.3, 0.4) is 0 Å². The Labute approximate surface area is 224 Å². The molecule has 3 aliphatic rings. The molecule has 0 amide bonds. The maximum absolute atomic E-state index is 7.01. The molecule has 38 heavy (non-hydrogen) atoms. The summed E-state index contributed by atoms with van der Waals surface area (Å²) in [6.45, 7) is 1.52. The zero-order valence-corrected chi connectivity index (χ0v) is 21.5. The summed E-state index contributed by atoms with van der Waals surface area (Å²) in [7, 11) is 0. The first-order valence-electron chi connectivity index (χ1n) is 13.5. The molecule has 3 aromatic rings. The Morgan fingerprint density at radius 3 is 2.45 bits per heavy atom. The number of rotatable bonds is 8. The van der Waals surface area contributed by atoms with Crippen molar-refractivity contribution in [3.63, 3.8) is 0 Å². The summed E-state index contributed by atoms with van der Waals surface area (Å²) >= 11 is 0. The van der Waals surface area contributed by atoms with Gasteiger partial charge in [-0.1, -0.05) is 54.6 Å². The molecule has 1 aliphatic carbocycles. The number of hydrogen-bond donors (Lipinski definition) is 2. The fourth-order valence-corrected chi connectivity index (χ4v) is 5.63. The highest BCUT2D eigenvalue weighted by Gasteiger charge is 2.46. The van der Waals surface area contributed by atoms with Gasteiger partial charge < -0.3 is 10.1 Å². The number of ether oxygens (including phenoxy) is 1. The molecule has 2 heterocycles. The zero-order chi connectivity index (χ0) is 25.8. The molecule has 6 rings (SSSR count). The Hall–Kier alpha value is -4.00. The highest BCUT2D eigenvalue weighted by Crippen LogP contribution is 2.41. The van der Waals surface area contributed by atoms with E-state index < -0.39 is 0 Å². The Kier molecular flexibility index (Phi) is 6.90. The van der Waals surface area contributed by atoms with Crippen LogP contribution >= 0.6 is 0 Å². The van der Waals surface area contributed by atoms with Crippen molar-refractivity contribution in [2.24, 2.45) is 27.7 Å². The number of quaternary nitrogens is 1. The second-order valence-electron chi connectivity index (χ2n) is 10.3. The molecule has 1 fully saturated rings. The van der Waals surface area contributed by atoms with Crippen molar-refractivity contribution >= 4 is 17.7 Å². The van der Waals surface area contributed by atoms with E-state index in [-0.39, 0.29) is 4.59 Å². The smallest absolute Gasteiger partial charge is 0.265 e. The standard InChI is InChI=1S/C32H34N5O/c33-37-19-18-34-22-30(37)31(26-16-14-24(15-17-26)21-35-28-11-5-2-6-12-28)36-32(37)27-10-7-13-29(20-27)38-23-25-8-3-1-4-9-25/h1-13,18-20,22,24,26,35H,14-17,21,23,33H2/q+1. The summed E-state index contributed by atoms with van der Waals surface area (Å²) in [6, 6.07) is 28.7. The summed E-state index contributed by atoms with van der Waals surface area (Å²) < 4.78 is 6.16. The molecule has 1 saturated carbocycles. The number of nitrogens with two attached hydrogens (primary N) is 1. The quantitative estimate of drug-likeness (QED) is 0.275. The average molecular weight is 505 g/mol. The van der Waals surface area contributed by atoms with Gasteiger partial charge in [0, 0.05) is 18.2 Å². The van der Waals surface area contributed by atoms with Crippen LogP contribution in [0.5, 0.6) is 5.75 Å². The first-order chi connectivity index (χ1) is 18.7. The van der Waals surface area contributed by atoms with Crippen LogP contribution in [0.2, 0.25) is 0 Å². The van der Waals surface area contributed by atoms with Gasteiger partial charge in [-0.2, -0.15) is 10.8 Å². The van der Waals surface area contributed by atoms with Crippen molar-refractivity contribution in [1.29, 1.82) is 0 Å². The third-order valence-corrected chi connectivity index (χ3v) is 7.77. The van der Waals surface area contributed by atoms with Gasteiger partial charge in [-0.05, 0) is 67.5 Å². The van der Waals surface area contributed by atoms with Crippen LogP contribution in [0.25, 0.3) is 0 Å². The van der Waals surface area contributed by atoms with Crippen molar-refractivity contribution < 1.29 is 9.33 Å². The Balaban J connectivity index is 1.17. The lowest BCUT2D eigenvalue weighted by molar-refractivity contribution is -0.750. The van der Waals surface area contributed by atoms with Gasteiger partial charge in [0.15, 0.2) is 0 Å². The molecule has 6 nitrogen and oxygen atoms in total. The fraction of sp³-hybridized carbons (Fsp3) is 0.250. The Morgan fingerprint density at radius 2 is 1.66 bits per heavy atom. The van der Waals surface area contributed by atoms with E-state index in [4.69, 9.17) is 15.6 Å². The van der Waals surface area contributed by atoms with E-state index in [0.29, 0.717) is 18.4 Å². The summed E-state index contributed by atoms with van der Waals surface area (Å²) in [5.41, 5.74) is 5.35. The predicted octanol–water partition coefficient (Wildman–Crippen LogP) is 6.40. The van der Waals surface area contributed by atoms with Crippen LogP contribution in [-0.2, 0) is 6.61 Å². The van der Waals surface area contributed by atoms with Crippen LogP contribution in [0.4, 0.5) is 5.69 Å². The molecule has 0 spiro atoms. The Bertz CT molecular complexity index is 1390. The van der Waals surface area contributed by atoms with Gasteiger partial charge in [-0.3, -0.25) is 4.99 Å². The van der Waals surface area contributed by atoms with Crippen molar-refractivity contribution in [2.75, 3.05) is 11.9 Å². The van der Waals surface area contributed by atoms with Crippen LogP contribution in [0.1, 0.15) is 36.8 Å². The lowest BCUT2D eigenvalue weighted by Gasteiger charge is -2.29. The van der Waals surface area contributed by atoms with Crippen LogP contribution in [-0.4, -0.2) is 23.2 Å². The molecular weight excluding hydrogens is 470 g/mol. The molecule has 3 aromatic carbocycles. The summed E-state index contributed by atoms with van der Waals surface area (Å²) in [6.07, 6.45) is 10.1. The maximum atomic E-state index is 7.01. The number of nitrogens with one attached hydrogen (secondary N) is 1. The molecule has 192 valence electrons. The first-order valence-corrected chi connectivity index (χ1v) is 13.5. The van der Waals surface area contributed by atoms with Gasteiger partial charge >= 0.3 is 0 Å². The molecule has 1 unspecified atom stereocenters. The normalized spacial score (nSPS) is 24.2. The minimum atomic E-state index is 0.0520. The maximum Gasteiger partial charge on any atom is 0.265 e. The van der Waals surface area contributed by atoms with Gasteiger partial charge in [0.25, 0.3) is 5.84 Å². The molecule has 2 aliphatic heterocycles. The van der Waals surface area contributed by atoms with Crippen LogP contribution in [0.15, 0.2) is 119 Å². The lowest BCUT2D eigenvalue weighted by Crippen LogP contribution is -2.53. The molecule has 6 heteroatoms. The van der Waals surface area contributed by atoms with Gasteiger partial charge in [0.1, 0.15) is 24.3 Å². The molecular formula is C32H34N5O+. The topological polar surface area (TPSA) is 72.0 Å². The van der Waals surface area contributed by atoms with E-state index in [1.165, 1.54) is 18.5 Å². The molecule has 0 saturated heterocycles. The third-order valence-electron chi connectivity index (χ3n) is 7.77. The summed E-state index contributed by atoms with van der Waals surface area (Å²) in [4.78, 5) is 9.64. The molecule has 0 aromatic heterocycles. The number of aliphatic imine (C=N–C) groups is 2. The summed E-state index contributed by atoms with van der Waals surface area (Å²) in [5.74, 6) is 9.68. The van der Waals surface area contributed by atoms with Crippen molar-refractivity contribution in [3.05, 3.63) is 120 Å². The van der Waals surface area contributed by atoms with Crippen LogP contribution in [0, 0.1) is 11.8 Å². The number of fused-ring (bicyclic) bond motifs is 1. The van der Waals surface area contributed by atoms with E-state index in [0.717, 1.165) is 53.5 Å². The number of benzene rings is 3. The van der Waals surface area contributed by atoms with E-state index in [2.05, 4.69) is 58.8 Å². The van der Waals surface area contributed by atoms with E-state index in [1.807, 2.05) is 48.8 Å². The monoisotopic (exact) mass is 504 g/mol. The van der Waals surface area contributed by atoms with E-state index >= 15 is 0 Å². The summed E-state index contributed by atoms with van der Waals surface area (Å²) in [5, 5.41) is 3.60. The van der Waals surface area contributed by atoms with Gasteiger partial charge in [0.05, 0.1) is 18.0 Å². The second-order valence-corrected chi connectivity index (χ2v) is 10.3. The number of nitrogens with zero attached hydrogens (tertiary/aromatic N) is 3. The lowest BCUT2D eigenvalue weighted by atomic mass is 9.80. The van der Waals surface area contributed by atoms with Crippen LogP contribution < -0.4 is 15.9 Å². The number of hydrogen-bond acceptors (Lipinski definition) is 5. The van der Waals surface area contributed by atoms with Gasteiger partial charge in [-0.25, -0.2) is 0 Å². The molecule has 0 radical (unpaired) electrons. The number of amidine groups is 1. The van der Waals surface area contributed by atoms with Gasteiger partial charge in [0.2, 0.25) is 5.70 Å². The number of para-hydroxylation sites is 1. The first kappa shape index (κ1) is 24.3. The largest absolute Gasteiger partial charge is 0.489 e. The second kappa shape index (κ2) is 10.8. The van der Waals surface area contributed by atoms with Gasteiger partial charge in [-0.15, -0.1) is 4.59 Å². The highest BCUT2D eigenvalue weighted by atomic mass is 16.5. The molecule has 0 bridgehead atoms. The Morgan fingerprint density at radius 1 is 0.895 bits per heavy atom. The molecule has 3 N–H and O–H groups in total. The van der Waals surface area contributed by atoms with Crippen molar-refractivity contribution in [1.82, 2.24) is 0 Å². The minimum absolute atomic E-state index is 0.0520. The van der Waals surface area contributed by atoms with E-state index in [1.54, 1.807) is 6.20 Å².